The molecule has 0 radical (unpaired) electrons. The van der Waals surface area contributed by atoms with Crippen LogP contribution in [0.2, 0.25) is 0 Å². The summed E-state index contributed by atoms with van der Waals surface area (Å²) in [5.41, 5.74) is 3.05. The van der Waals surface area contributed by atoms with Crippen LogP contribution in [0.3, 0.4) is 0 Å². The summed E-state index contributed by atoms with van der Waals surface area (Å²) < 4.78 is 0. The summed E-state index contributed by atoms with van der Waals surface area (Å²) in [6, 6.07) is 11.8. The monoisotopic (exact) mass is 253 g/mol. The van der Waals surface area contributed by atoms with Gasteiger partial charge in [0.1, 0.15) is 0 Å². The lowest BCUT2D eigenvalue weighted by molar-refractivity contribution is 0.0691. The lowest BCUT2D eigenvalue weighted by atomic mass is 9.80. The van der Waals surface area contributed by atoms with Gasteiger partial charge in [-0.3, -0.25) is 0 Å². The van der Waals surface area contributed by atoms with Gasteiger partial charge in [0.05, 0.1) is 0 Å². The number of rotatable bonds is 3. The Hall–Kier alpha value is -2.16. The molecule has 1 aromatic heterocycles. The van der Waals surface area contributed by atoms with Gasteiger partial charge in [0, 0.05) is 11.8 Å². The van der Waals surface area contributed by atoms with Crippen molar-refractivity contribution >= 4 is 5.97 Å². The van der Waals surface area contributed by atoms with E-state index in [0.717, 1.165) is 5.56 Å². The van der Waals surface area contributed by atoms with Crippen molar-refractivity contribution in [2.24, 2.45) is 0 Å². The Balaban J connectivity index is 1.95. The largest absolute Gasteiger partial charge is 0.476 e. The van der Waals surface area contributed by atoms with Gasteiger partial charge in [-0.15, -0.1) is 0 Å². The van der Waals surface area contributed by atoms with E-state index in [4.69, 9.17) is 5.11 Å². The number of pyridine rings is 1. The molecule has 0 aliphatic heterocycles. The van der Waals surface area contributed by atoms with Crippen LogP contribution in [0.5, 0.6) is 0 Å². The SMILES string of the molecule is O=C(O)c1ncccc1-c1ccc(C2CCC2)cc1. The summed E-state index contributed by atoms with van der Waals surface area (Å²) in [6.45, 7) is 0. The fourth-order valence-electron chi connectivity index (χ4n) is 2.49. The highest BCUT2D eigenvalue weighted by Gasteiger charge is 2.19. The first-order valence-corrected chi connectivity index (χ1v) is 6.54. The number of carbonyl (C=O) groups is 1. The van der Waals surface area contributed by atoms with Gasteiger partial charge >= 0.3 is 5.97 Å². The summed E-state index contributed by atoms with van der Waals surface area (Å²) in [7, 11) is 0. The van der Waals surface area contributed by atoms with Gasteiger partial charge in [-0.25, -0.2) is 9.78 Å². The summed E-state index contributed by atoms with van der Waals surface area (Å²) >= 11 is 0. The average Bonchev–Trinajstić information content (AvgIpc) is 2.37. The molecule has 0 atom stereocenters. The van der Waals surface area contributed by atoms with Crippen LogP contribution >= 0.6 is 0 Å². The molecule has 1 saturated carbocycles. The van der Waals surface area contributed by atoms with E-state index in [1.165, 1.54) is 31.0 Å². The predicted octanol–water partition coefficient (Wildman–Crippen LogP) is 3.71. The Labute approximate surface area is 111 Å². The second-order valence-electron chi connectivity index (χ2n) is 4.95. The van der Waals surface area contributed by atoms with Crippen LogP contribution in [0.25, 0.3) is 11.1 Å². The second kappa shape index (κ2) is 4.84. The van der Waals surface area contributed by atoms with E-state index in [1.54, 1.807) is 12.1 Å². The molecule has 1 heterocycles. The maximum Gasteiger partial charge on any atom is 0.355 e. The number of benzene rings is 1. The maximum atomic E-state index is 11.2. The number of nitrogens with zero attached hydrogens (tertiary/aromatic N) is 1. The van der Waals surface area contributed by atoms with Gasteiger partial charge in [0.25, 0.3) is 0 Å². The third-order valence-corrected chi connectivity index (χ3v) is 3.81. The summed E-state index contributed by atoms with van der Waals surface area (Å²) in [6.07, 6.45) is 5.37. The normalized spacial score (nSPS) is 14.9. The molecule has 3 nitrogen and oxygen atoms in total. The number of carboxylic acids is 1. The highest BCUT2D eigenvalue weighted by Crippen LogP contribution is 2.37. The number of hydrogen-bond donors (Lipinski definition) is 1. The average molecular weight is 253 g/mol. The summed E-state index contributed by atoms with van der Waals surface area (Å²) in [5, 5.41) is 9.15. The van der Waals surface area contributed by atoms with Crippen molar-refractivity contribution in [3.05, 3.63) is 53.9 Å². The van der Waals surface area contributed by atoms with Gasteiger partial charge in [0.15, 0.2) is 5.69 Å². The highest BCUT2D eigenvalue weighted by atomic mass is 16.4. The first kappa shape index (κ1) is 11.9. The van der Waals surface area contributed by atoms with Crippen LogP contribution in [0.15, 0.2) is 42.6 Å². The molecule has 96 valence electrons. The highest BCUT2D eigenvalue weighted by molar-refractivity contribution is 5.93. The first-order chi connectivity index (χ1) is 9.25. The quantitative estimate of drug-likeness (QED) is 0.907. The van der Waals surface area contributed by atoms with Gasteiger partial charge < -0.3 is 5.11 Å². The minimum atomic E-state index is -0.987. The van der Waals surface area contributed by atoms with Crippen LogP contribution in [0.4, 0.5) is 0 Å². The fraction of sp³-hybridized carbons (Fsp3) is 0.250. The van der Waals surface area contributed by atoms with E-state index in [-0.39, 0.29) is 5.69 Å². The van der Waals surface area contributed by atoms with Crippen molar-refractivity contribution in [1.82, 2.24) is 4.98 Å². The molecule has 0 unspecified atom stereocenters. The molecule has 1 aliphatic rings. The molecule has 1 fully saturated rings. The number of aromatic nitrogens is 1. The fourth-order valence-corrected chi connectivity index (χ4v) is 2.49. The molecule has 1 aromatic carbocycles. The zero-order valence-electron chi connectivity index (χ0n) is 10.5. The Kier molecular flexibility index (Phi) is 3.03. The molecule has 3 heteroatoms. The van der Waals surface area contributed by atoms with E-state index in [9.17, 15) is 4.79 Å². The topological polar surface area (TPSA) is 50.2 Å². The minimum absolute atomic E-state index is 0.110. The molecule has 0 bridgehead atoms. The first-order valence-electron chi connectivity index (χ1n) is 6.54. The van der Waals surface area contributed by atoms with Crippen LogP contribution < -0.4 is 0 Å². The minimum Gasteiger partial charge on any atom is -0.476 e. The number of hydrogen-bond acceptors (Lipinski definition) is 2. The Morgan fingerprint density at radius 3 is 2.47 bits per heavy atom. The lowest BCUT2D eigenvalue weighted by Gasteiger charge is -2.25. The van der Waals surface area contributed by atoms with E-state index >= 15 is 0 Å². The van der Waals surface area contributed by atoms with Gasteiger partial charge in [-0.1, -0.05) is 36.8 Å². The van der Waals surface area contributed by atoms with Crippen molar-refractivity contribution in [1.29, 1.82) is 0 Å². The lowest BCUT2D eigenvalue weighted by Crippen LogP contribution is -2.08. The van der Waals surface area contributed by atoms with E-state index in [0.29, 0.717) is 11.5 Å². The molecule has 19 heavy (non-hydrogen) atoms. The van der Waals surface area contributed by atoms with Crippen molar-refractivity contribution in [2.45, 2.75) is 25.2 Å². The number of aromatic carboxylic acids is 1. The Bertz CT molecular complexity index is 600. The molecule has 2 aromatic rings. The molecular weight excluding hydrogens is 238 g/mol. The summed E-state index contributed by atoms with van der Waals surface area (Å²) in [4.78, 5) is 15.1. The van der Waals surface area contributed by atoms with Crippen molar-refractivity contribution < 1.29 is 9.90 Å². The molecule has 1 N–H and O–H groups in total. The van der Waals surface area contributed by atoms with Crippen molar-refractivity contribution in [3.8, 4) is 11.1 Å². The van der Waals surface area contributed by atoms with E-state index in [1.807, 2.05) is 12.1 Å². The molecule has 0 saturated heterocycles. The van der Waals surface area contributed by atoms with Gasteiger partial charge in [-0.05, 0) is 36.0 Å². The third kappa shape index (κ3) is 2.24. The maximum absolute atomic E-state index is 11.2. The van der Waals surface area contributed by atoms with Crippen LogP contribution in [0.1, 0.15) is 41.2 Å². The third-order valence-electron chi connectivity index (χ3n) is 3.81. The standard InChI is InChI=1S/C16H15NO2/c18-16(19)15-14(5-2-10-17-15)13-8-6-12(7-9-13)11-3-1-4-11/h2,5-11H,1,3-4H2,(H,18,19). The molecule has 0 amide bonds. The van der Waals surface area contributed by atoms with Crippen LogP contribution in [0, 0.1) is 0 Å². The van der Waals surface area contributed by atoms with E-state index < -0.39 is 5.97 Å². The molecule has 3 rings (SSSR count). The Morgan fingerprint density at radius 1 is 1.16 bits per heavy atom. The molecular formula is C16H15NO2. The Morgan fingerprint density at radius 2 is 1.89 bits per heavy atom. The number of carboxylic acid groups (broad SMARTS) is 1. The second-order valence-corrected chi connectivity index (χ2v) is 4.95. The van der Waals surface area contributed by atoms with Gasteiger partial charge in [-0.2, -0.15) is 0 Å². The smallest absolute Gasteiger partial charge is 0.355 e. The zero-order chi connectivity index (χ0) is 13.2. The van der Waals surface area contributed by atoms with E-state index in [2.05, 4.69) is 17.1 Å². The van der Waals surface area contributed by atoms with Gasteiger partial charge in [0.2, 0.25) is 0 Å². The van der Waals surface area contributed by atoms with Crippen LogP contribution in [-0.4, -0.2) is 16.1 Å². The molecule has 0 spiro atoms. The predicted molar refractivity (Wildman–Crippen MR) is 73.2 cm³/mol. The van der Waals surface area contributed by atoms with Crippen LogP contribution in [-0.2, 0) is 0 Å². The zero-order valence-corrected chi connectivity index (χ0v) is 10.5. The summed E-state index contributed by atoms with van der Waals surface area (Å²) in [5.74, 6) is -0.291. The molecule has 1 aliphatic carbocycles. The van der Waals surface area contributed by atoms with Crippen molar-refractivity contribution in [2.75, 3.05) is 0 Å². The van der Waals surface area contributed by atoms with Crippen molar-refractivity contribution in [3.63, 3.8) is 0 Å².